The highest BCUT2D eigenvalue weighted by atomic mass is 19.1. The topological polar surface area (TPSA) is 62.1 Å². The van der Waals surface area contributed by atoms with Crippen LogP contribution < -0.4 is 5.32 Å². The van der Waals surface area contributed by atoms with E-state index in [0.717, 1.165) is 5.56 Å². The van der Waals surface area contributed by atoms with Crippen LogP contribution in [-0.4, -0.2) is 12.1 Å². The molecule has 0 aliphatic heterocycles. The highest BCUT2D eigenvalue weighted by Crippen LogP contribution is 2.13. The van der Waals surface area contributed by atoms with E-state index in [1.807, 2.05) is 36.4 Å². The minimum atomic E-state index is -0.816. The third kappa shape index (κ3) is 5.25. The number of nitrogens with zero attached hydrogens (tertiary/aromatic N) is 1. The summed E-state index contributed by atoms with van der Waals surface area (Å²) in [5.74, 6) is -0.503. The molecule has 24 heavy (non-hydrogen) atoms. The zero-order valence-electron chi connectivity index (χ0n) is 13.2. The van der Waals surface area contributed by atoms with Crippen LogP contribution in [0, 0.1) is 11.3 Å². The van der Waals surface area contributed by atoms with Crippen LogP contribution in [0.15, 0.2) is 60.4 Å². The molecule has 1 unspecified atom stereocenters. The minimum absolute atomic E-state index is 0.125. The number of nitriles is 1. The average Bonchev–Trinajstić information content (AvgIpc) is 2.61. The van der Waals surface area contributed by atoms with Gasteiger partial charge in [-0.15, -0.1) is 0 Å². The Morgan fingerprint density at radius 3 is 2.54 bits per heavy atom. The second-order valence-corrected chi connectivity index (χ2v) is 5.19. The fourth-order valence-corrected chi connectivity index (χ4v) is 1.95. The van der Waals surface area contributed by atoms with Crippen LogP contribution in [0.3, 0.4) is 0 Å². The number of hydrogen-bond donors (Lipinski definition) is 1. The lowest BCUT2D eigenvalue weighted by Crippen LogP contribution is -2.33. The minimum Gasteiger partial charge on any atom is -0.445 e. The Bertz CT molecular complexity index is 749. The molecule has 0 aromatic heterocycles. The molecule has 122 valence electrons. The number of rotatable bonds is 5. The molecule has 4 nitrogen and oxygen atoms in total. The molecule has 0 aliphatic carbocycles. The Kier molecular flexibility index (Phi) is 6.09. The van der Waals surface area contributed by atoms with Gasteiger partial charge in [0, 0.05) is 0 Å². The lowest BCUT2D eigenvalue weighted by atomic mass is 10.1. The quantitative estimate of drug-likeness (QED) is 0.897. The van der Waals surface area contributed by atoms with Crippen molar-refractivity contribution in [2.24, 2.45) is 0 Å². The lowest BCUT2D eigenvalue weighted by Gasteiger charge is -2.12. The first-order chi connectivity index (χ1) is 11.6. The number of amides is 1. The summed E-state index contributed by atoms with van der Waals surface area (Å²) in [6.07, 6.45) is 0.623. The summed E-state index contributed by atoms with van der Waals surface area (Å²) in [6, 6.07) is 16.9. The molecule has 1 amide bonds. The van der Waals surface area contributed by atoms with Gasteiger partial charge in [0.15, 0.2) is 0 Å². The van der Waals surface area contributed by atoms with Crippen LogP contribution in [0.4, 0.5) is 9.18 Å². The van der Waals surface area contributed by atoms with Gasteiger partial charge in [-0.2, -0.15) is 5.26 Å². The monoisotopic (exact) mass is 324 g/mol. The Morgan fingerprint density at radius 2 is 1.92 bits per heavy atom. The van der Waals surface area contributed by atoms with Crippen molar-refractivity contribution in [3.8, 4) is 6.07 Å². The van der Waals surface area contributed by atoms with Crippen molar-refractivity contribution < 1.29 is 13.9 Å². The zero-order valence-corrected chi connectivity index (χ0v) is 13.2. The van der Waals surface area contributed by atoms with Crippen molar-refractivity contribution in [2.45, 2.75) is 19.6 Å². The number of benzene rings is 2. The maximum atomic E-state index is 14.1. The van der Waals surface area contributed by atoms with Gasteiger partial charge in [-0.3, -0.25) is 0 Å². The largest absolute Gasteiger partial charge is 0.445 e. The van der Waals surface area contributed by atoms with E-state index < -0.39 is 18.0 Å². The van der Waals surface area contributed by atoms with Crippen LogP contribution in [0.5, 0.6) is 0 Å². The fraction of sp³-hybridized carbons (Fsp3) is 0.158. The molecule has 0 fully saturated rings. The predicted octanol–water partition coefficient (Wildman–Crippen LogP) is 4.18. The van der Waals surface area contributed by atoms with Gasteiger partial charge in [-0.25, -0.2) is 9.18 Å². The van der Waals surface area contributed by atoms with Gasteiger partial charge in [-0.05, 0) is 36.3 Å². The lowest BCUT2D eigenvalue weighted by molar-refractivity contribution is 0.137. The fourth-order valence-electron chi connectivity index (χ4n) is 1.95. The third-order valence-electron chi connectivity index (χ3n) is 3.31. The normalized spacial score (nSPS) is 12.1. The van der Waals surface area contributed by atoms with E-state index in [2.05, 4.69) is 5.32 Å². The molecule has 1 N–H and O–H groups in total. The zero-order chi connectivity index (χ0) is 17.4. The molecular formula is C19H17FN2O2. The standard InChI is InChI=1S/C19H17FN2O2/c1-14(18(20)11-15-7-9-16(12-21)10-8-15)22-19(23)24-13-17-5-3-2-4-6-17/h2-11,14H,13H2,1H3,(H,22,23)/b18-11-. The summed E-state index contributed by atoms with van der Waals surface area (Å²) in [5, 5.41) is 11.2. The van der Waals surface area contributed by atoms with Gasteiger partial charge >= 0.3 is 6.09 Å². The number of nitrogens with one attached hydrogen (secondary N) is 1. The van der Waals surface area contributed by atoms with Crippen molar-refractivity contribution >= 4 is 12.2 Å². The average molecular weight is 324 g/mol. The highest BCUT2D eigenvalue weighted by molar-refractivity contribution is 5.68. The van der Waals surface area contributed by atoms with Crippen molar-refractivity contribution in [1.82, 2.24) is 5.32 Å². The molecule has 0 heterocycles. The van der Waals surface area contributed by atoms with Gasteiger partial charge in [0.1, 0.15) is 12.4 Å². The van der Waals surface area contributed by atoms with Crippen LogP contribution in [0.2, 0.25) is 0 Å². The van der Waals surface area contributed by atoms with Crippen LogP contribution >= 0.6 is 0 Å². The Hall–Kier alpha value is -3.13. The molecule has 0 aliphatic rings. The SMILES string of the molecule is CC(NC(=O)OCc1ccccc1)/C(F)=C/c1ccc(C#N)cc1. The smallest absolute Gasteiger partial charge is 0.408 e. The van der Waals surface area contributed by atoms with E-state index in [0.29, 0.717) is 11.1 Å². The Balaban J connectivity index is 1.87. The summed E-state index contributed by atoms with van der Waals surface area (Å²) in [5.41, 5.74) is 1.97. The van der Waals surface area contributed by atoms with Gasteiger partial charge in [-0.1, -0.05) is 42.5 Å². The van der Waals surface area contributed by atoms with Gasteiger partial charge in [0.2, 0.25) is 0 Å². The Morgan fingerprint density at radius 1 is 1.25 bits per heavy atom. The van der Waals surface area contributed by atoms with E-state index in [1.165, 1.54) is 13.0 Å². The number of halogens is 1. The maximum absolute atomic E-state index is 14.1. The second kappa shape index (κ2) is 8.49. The molecule has 0 radical (unpaired) electrons. The third-order valence-corrected chi connectivity index (χ3v) is 3.31. The molecule has 2 aromatic carbocycles. The van der Waals surface area contributed by atoms with E-state index >= 15 is 0 Å². The van der Waals surface area contributed by atoms with Crippen molar-refractivity contribution in [3.63, 3.8) is 0 Å². The summed E-state index contributed by atoms with van der Waals surface area (Å²) < 4.78 is 19.2. The maximum Gasteiger partial charge on any atom is 0.408 e. The summed E-state index contributed by atoms with van der Waals surface area (Å²) in [4.78, 5) is 11.7. The van der Waals surface area contributed by atoms with Crippen LogP contribution in [0.1, 0.15) is 23.6 Å². The summed E-state index contributed by atoms with van der Waals surface area (Å²) in [6.45, 7) is 1.65. The van der Waals surface area contributed by atoms with Crippen LogP contribution in [0.25, 0.3) is 6.08 Å². The Labute approximate surface area is 140 Å². The highest BCUT2D eigenvalue weighted by Gasteiger charge is 2.13. The number of carbonyl (C=O) groups excluding carboxylic acids is 1. The molecule has 0 saturated carbocycles. The molecule has 0 bridgehead atoms. The first-order valence-electron chi connectivity index (χ1n) is 7.43. The number of carbonyl (C=O) groups is 1. The number of ether oxygens (including phenoxy) is 1. The van der Waals surface area contributed by atoms with Crippen molar-refractivity contribution in [3.05, 3.63) is 77.1 Å². The number of alkyl carbamates (subject to hydrolysis) is 1. The van der Waals surface area contributed by atoms with E-state index in [4.69, 9.17) is 10.00 Å². The molecule has 2 rings (SSSR count). The van der Waals surface area contributed by atoms with Gasteiger partial charge in [0.25, 0.3) is 0 Å². The van der Waals surface area contributed by atoms with E-state index in [-0.39, 0.29) is 6.61 Å². The first kappa shape index (κ1) is 17.2. The number of hydrogen-bond acceptors (Lipinski definition) is 3. The van der Waals surface area contributed by atoms with E-state index in [9.17, 15) is 9.18 Å². The van der Waals surface area contributed by atoms with Gasteiger partial charge in [0.05, 0.1) is 17.7 Å². The molecule has 1 atom stereocenters. The van der Waals surface area contributed by atoms with Gasteiger partial charge < -0.3 is 10.1 Å². The predicted molar refractivity (Wildman–Crippen MR) is 89.5 cm³/mol. The summed E-state index contributed by atoms with van der Waals surface area (Å²) >= 11 is 0. The second-order valence-electron chi connectivity index (χ2n) is 5.19. The summed E-state index contributed by atoms with van der Waals surface area (Å²) in [7, 11) is 0. The molecule has 0 saturated heterocycles. The van der Waals surface area contributed by atoms with Crippen molar-refractivity contribution in [2.75, 3.05) is 0 Å². The molecular weight excluding hydrogens is 307 g/mol. The van der Waals surface area contributed by atoms with E-state index in [1.54, 1.807) is 24.3 Å². The first-order valence-corrected chi connectivity index (χ1v) is 7.43. The van der Waals surface area contributed by atoms with Crippen LogP contribution in [-0.2, 0) is 11.3 Å². The molecule has 0 spiro atoms. The molecule has 5 heteroatoms. The molecule has 2 aromatic rings. The van der Waals surface area contributed by atoms with Crippen molar-refractivity contribution in [1.29, 1.82) is 5.26 Å².